The maximum Gasteiger partial charge on any atom is 0.278 e. The Kier molecular flexibility index (Phi) is 7.31. The zero-order valence-electron chi connectivity index (χ0n) is 10.5. The highest BCUT2D eigenvalue weighted by Gasteiger charge is 2.51. The lowest BCUT2D eigenvalue weighted by atomic mass is 10.4. The fraction of sp³-hybridized carbons (Fsp3) is 0.667. The Morgan fingerprint density at radius 2 is 0.950 bits per heavy atom. The summed E-state index contributed by atoms with van der Waals surface area (Å²) in [7, 11) is -4.98. The first-order chi connectivity index (χ1) is 9.18. The van der Waals surface area contributed by atoms with Crippen molar-refractivity contribution >= 4 is 23.7 Å². The number of carbonyl (C=O) groups excluding carboxylic acids is 3. The Morgan fingerprint density at radius 1 is 0.750 bits per heavy atom. The molecule has 0 rings (SSSR count). The molecular weight excluding hydrogens is 293 g/mol. The molecule has 0 bridgehead atoms. The number of aliphatic hydroxyl groups is 3. The highest BCUT2D eigenvalue weighted by Crippen LogP contribution is 2.50. The summed E-state index contributed by atoms with van der Waals surface area (Å²) in [5, 5.41) is 26.3. The van der Waals surface area contributed by atoms with Crippen molar-refractivity contribution in [1.29, 1.82) is 0 Å². The van der Waals surface area contributed by atoms with Gasteiger partial charge in [-0.3, -0.25) is 18.9 Å². The summed E-state index contributed by atoms with van der Waals surface area (Å²) in [6.07, 6.45) is 0. The molecule has 116 valence electrons. The Hall–Kier alpha value is -1.00. The second kappa shape index (κ2) is 7.70. The highest BCUT2D eigenvalue weighted by atomic mass is 31.2. The minimum atomic E-state index is -4.98. The van der Waals surface area contributed by atoms with E-state index in [0.717, 1.165) is 0 Å². The van der Waals surface area contributed by atoms with Crippen LogP contribution in [0.1, 0.15) is 0 Å². The maximum atomic E-state index is 12.5. The first-order valence-corrected chi connectivity index (χ1v) is 7.21. The predicted molar refractivity (Wildman–Crippen MR) is 67.8 cm³/mol. The quantitative estimate of drug-likeness (QED) is 0.227. The van der Waals surface area contributed by atoms with Crippen molar-refractivity contribution < 1.29 is 34.3 Å². The monoisotopic (exact) mass is 311 g/mol. The number of aliphatic hydroxyl groups excluding tert-OH is 3. The summed E-state index contributed by atoms with van der Waals surface area (Å²) < 4.78 is 12.5. The molecule has 20 heavy (non-hydrogen) atoms. The third-order valence-corrected chi connectivity index (χ3v) is 5.33. The van der Waals surface area contributed by atoms with E-state index >= 15 is 0 Å². The van der Waals surface area contributed by atoms with E-state index in [2.05, 4.69) is 0 Å². The molecular formula is C9H18N3O7P. The number of hydrogen-bond donors (Lipinski definition) is 6. The van der Waals surface area contributed by atoms with Crippen LogP contribution in [0, 0.1) is 0 Å². The summed E-state index contributed by atoms with van der Waals surface area (Å²) in [6.45, 7) is -2.86. The van der Waals surface area contributed by atoms with Gasteiger partial charge in [-0.2, -0.15) is 0 Å². The molecule has 0 saturated carbocycles. The van der Waals surface area contributed by atoms with Crippen LogP contribution in [0.15, 0.2) is 0 Å². The molecule has 0 unspecified atom stereocenters. The number of carbonyl (C=O) groups is 3. The summed E-state index contributed by atoms with van der Waals surface area (Å²) in [6, 6.07) is -5.23. The normalized spacial score (nSPS) is 16.3. The van der Waals surface area contributed by atoms with Crippen molar-refractivity contribution in [1.82, 2.24) is 0 Å². The van der Waals surface area contributed by atoms with Crippen molar-refractivity contribution in [2.24, 2.45) is 17.2 Å². The topological polar surface area (TPSA) is 207 Å². The molecule has 3 atom stereocenters. The van der Waals surface area contributed by atoms with Gasteiger partial charge in [0.05, 0.1) is 37.9 Å². The van der Waals surface area contributed by atoms with Crippen molar-refractivity contribution in [2.75, 3.05) is 19.8 Å². The first kappa shape index (κ1) is 19.0. The van der Waals surface area contributed by atoms with E-state index in [0.29, 0.717) is 0 Å². The van der Waals surface area contributed by atoms with Crippen LogP contribution in [0.4, 0.5) is 0 Å². The van der Waals surface area contributed by atoms with Crippen LogP contribution in [-0.2, 0) is 18.9 Å². The van der Waals surface area contributed by atoms with Crippen LogP contribution in [0.2, 0.25) is 0 Å². The van der Waals surface area contributed by atoms with Gasteiger partial charge >= 0.3 is 0 Å². The van der Waals surface area contributed by atoms with Crippen molar-refractivity contribution in [3.05, 3.63) is 0 Å². The first-order valence-electron chi connectivity index (χ1n) is 5.51. The van der Waals surface area contributed by atoms with Crippen LogP contribution in [0.25, 0.3) is 0 Å². The fourth-order valence-corrected chi connectivity index (χ4v) is 3.56. The van der Waals surface area contributed by atoms with E-state index in [-0.39, 0.29) is 0 Å². The summed E-state index contributed by atoms with van der Waals surface area (Å²) in [5.74, 6) is 0. The molecule has 0 amide bonds. The Bertz CT molecular complexity index is 379. The smallest absolute Gasteiger partial charge is 0.278 e. The molecule has 0 spiro atoms. The molecule has 9 N–H and O–H groups in total. The van der Waals surface area contributed by atoms with Gasteiger partial charge in [0.25, 0.3) is 7.14 Å². The lowest BCUT2D eigenvalue weighted by Crippen LogP contribution is -2.46. The van der Waals surface area contributed by atoms with E-state index in [9.17, 15) is 18.9 Å². The van der Waals surface area contributed by atoms with E-state index in [4.69, 9.17) is 32.5 Å². The lowest BCUT2D eigenvalue weighted by molar-refractivity contribution is -0.119. The summed E-state index contributed by atoms with van der Waals surface area (Å²) >= 11 is 0. The molecule has 0 radical (unpaired) electrons. The minimum absolute atomic E-state index is 0.952. The number of hydrogen-bond acceptors (Lipinski definition) is 10. The molecule has 0 aliphatic rings. The molecule has 0 saturated heterocycles. The maximum absolute atomic E-state index is 12.5. The second-order valence-electron chi connectivity index (χ2n) is 3.99. The van der Waals surface area contributed by atoms with Gasteiger partial charge in [0, 0.05) is 0 Å². The van der Waals surface area contributed by atoms with E-state index in [1.165, 1.54) is 0 Å². The van der Waals surface area contributed by atoms with Gasteiger partial charge in [-0.15, -0.1) is 0 Å². The van der Waals surface area contributed by atoms with E-state index in [1.807, 2.05) is 0 Å². The van der Waals surface area contributed by atoms with Gasteiger partial charge < -0.3 is 32.5 Å². The van der Waals surface area contributed by atoms with Crippen molar-refractivity contribution in [3.8, 4) is 0 Å². The van der Waals surface area contributed by atoms with Crippen LogP contribution >= 0.6 is 7.14 Å². The van der Waals surface area contributed by atoms with Gasteiger partial charge in [0.15, 0.2) is 0 Å². The summed E-state index contributed by atoms with van der Waals surface area (Å²) in [5.41, 5.74) is 11.0. The van der Waals surface area contributed by atoms with Gasteiger partial charge in [-0.1, -0.05) is 0 Å². The van der Waals surface area contributed by atoms with Crippen LogP contribution < -0.4 is 17.2 Å². The Labute approximate surface area is 114 Å². The second-order valence-corrected chi connectivity index (χ2v) is 6.53. The molecule has 0 aromatic carbocycles. The molecule has 11 heteroatoms. The SMILES string of the molecule is N[C@@H](CO)C(=O)P(=O)(C(=O)[C@@H](N)CO)C(=O)[C@@H](N)CO. The third-order valence-electron chi connectivity index (χ3n) is 2.47. The molecule has 0 fully saturated rings. The van der Waals surface area contributed by atoms with E-state index < -0.39 is 61.7 Å². The average Bonchev–Trinajstić information content (AvgIpc) is 2.48. The molecule has 0 aromatic rings. The van der Waals surface area contributed by atoms with Crippen molar-refractivity contribution in [3.63, 3.8) is 0 Å². The average molecular weight is 311 g/mol. The van der Waals surface area contributed by atoms with Gasteiger partial charge in [-0.05, 0) is 0 Å². The standard InChI is InChI=1S/C9H18N3O7P/c10-4(1-13)7(16)20(19,8(17)5(11)2-14)9(18)6(12)3-15/h4-6,13-15H,1-3,10-12H2/t4-,5-,6-/m0/s1. The molecule has 0 aliphatic carbocycles. The van der Waals surface area contributed by atoms with Crippen LogP contribution in [-0.4, -0.2) is 69.8 Å². The Morgan fingerprint density at radius 3 is 1.10 bits per heavy atom. The number of nitrogens with two attached hydrogens (primary N) is 3. The van der Waals surface area contributed by atoms with Gasteiger partial charge in [0.2, 0.25) is 16.6 Å². The lowest BCUT2D eigenvalue weighted by Gasteiger charge is -2.21. The van der Waals surface area contributed by atoms with Crippen molar-refractivity contribution in [2.45, 2.75) is 18.1 Å². The molecule has 0 aliphatic heterocycles. The molecule has 0 aromatic heterocycles. The molecule has 10 nitrogen and oxygen atoms in total. The predicted octanol–water partition coefficient (Wildman–Crippen LogP) is -4.11. The zero-order valence-corrected chi connectivity index (χ0v) is 11.4. The largest absolute Gasteiger partial charge is 0.394 e. The summed E-state index contributed by atoms with van der Waals surface area (Å²) in [4.78, 5) is 35.6. The fourth-order valence-electron chi connectivity index (χ4n) is 1.26. The van der Waals surface area contributed by atoms with Crippen LogP contribution in [0.5, 0.6) is 0 Å². The van der Waals surface area contributed by atoms with Crippen LogP contribution in [0.3, 0.4) is 0 Å². The zero-order chi connectivity index (χ0) is 16.1. The number of rotatable bonds is 9. The van der Waals surface area contributed by atoms with Gasteiger partial charge in [0.1, 0.15) is 0 Å². The highest BCUT2D eigenvalue weighted by molar-refractivity contribution is 8.06. The molecule has 0 heterocycles. The van der Waals surface area contributed by atoms with Gasteiger partial charge in [-0.25, -0.2) is 0 Å². The third kappa shape index (κ3) is 3.55. The Balaban J connectivity index is 5.81. The minimum Gasteiger partial charge on any atom is -0.394 e. The van der Waals surface area contributed by atoms with E-state index in [1.54, 1.807) is 0 Å².